The molecule has 0 heterocycles. The van der Waals surface area contributed by atoms with E-state index in [4.69, 9.17) is 4.74 Å². The first kappa shape index (κ1) is 22.9. The van der Waals surface area contributed by atoms with Crippen LogP contribution in [-0.2, 0) is 14.1 Å². The molecule has 1 fully saturated rings. The topological polar surface area (TPSA) is 60.4 Å². The van der Waals surface area contributed by atoms with Crippen LogP contribution in [-0.4, -0.2) is 29.9 Å². The zero-order valence-corrected chi connectivity index (χ0v) is 18.8. The van der Waals surface area contributed by atoms with Crippen molar-refractivity contribution in [2.24, 2.45) is 0 Å². The lowest BCUT2D eigenvalue weighted by Gasteiger charge is -2.30. The molecule has 5 heteroatoms. The van der Waals surface area contributed by atoms with Crippen LogP contribution in [0.3, 0.4) is 0 Å². The van der Waals surface area contributed by atoms with E-state index in [0.717, 1.165) is 68.1 Å². The normalized spacial score (nSPS) is 17.1. The van der Waals surface area contributed by atoms with Crippen molar-refractivity contribution >= 4 is 18.6 Å². The summed E-state index contributed by atoms with van der Waals surface area (Å²) in [6.45, 7) is 8.20. The van der Waals surface area contributed by atoms with Gasteiger partial charge in [0.1, 0.15) is 6.16 Å². The van der Waals surface area contributed by atoms with E-state index in [9.17, 15) is 14.2 Å². The van der Waals surface area contributed by atoms with Gasteiger partial charge in [0.15, 0.2) is 7.14 Å². The van der Waals surface area contributed by atoms with Gasteiger partial charge in [-0.25, -0.2) is 0 Å². The lowest BCUT2D eigenvalue weighted by atomic mass is 10.0. The van der Waals surface area contributed by atoms with Crippen LogP contribution < -0.4 is 0 Å². The zero-order valence-electron chi connectivity index (χ0n) is 17.9. The Morgan fingerprint density at radius 1 is 1.04 bits per heavy atom. The molecule has 2 rings (SSSR count). The Balaban J connectivity index is 2.29. The summed E-state index contributed by atoms with van der Waals surface area (Å²) in [6, 6.07) is 3.91. The third-order valence-electron chi connectivity index (χ3n) is 5.77. The molecule has 1 aromatic rings. The molecule has 0 amide bonds. The predicted octanol–water partition coefficient (Wildman–Crippen LogP) is 6.18. The maximum absolute atomic E-state index is 14.1. The van der Waals surface area contributed by atoms with Gasteiger partial charge in [-0.3, -0.25) is 9.59 Å². The number of hydrogen-bond donors (Lipinski definition) is 0. The first-order valence-corrected chi connectivity index (χ1v) is 12.6. The Morgan fingerprint density at radius 2 is 1.64 bits per heavy atom. The Hall–Kier alpha value is -1.41. The van der Waals surface area contributed by atoms with Gasteiger partial charge in [0, 0.05) is 11.2 Å². The van der Waals surface area contributed by atoms with E-state index in [1.807, 2.05) is 32.9 Å². The number of aryl methyl sites for hydroxylation is 3. The summed E-state index contributed by atoms with van der Waals surface area (Å²) in [5, 5.41) is 0. The average molecular weight is 407 g/mol. The molecule has 4 nitrogen and oxygen atoms in total. The van der Waals surface area contributed by atoms with E-state index < -0.39 is 13.1 Å². The SMILES string of the molecule is CCCCCOC(=O)CP(=O)(C(=O)c1c(C)cc(C)cc1C)C1CCCCC1. The highest BCUT2D eigenvalue weighted by Gasteiger charge is 2.44. The molecule has 28 heavy (non-hydrogen) atoms. The lowest BCUT2D eigenvalue weighted by molar-refractivity contribution is -0.140. The minimum absolute atomic E-state index is 0.197. The van der Waals surface area contributed by atoms with E-state index in [1.165, 1.54) is 0 Å². The van der Waals surface area contributed by atoms with Crippen molar-refractivity contribution in [3.05, 3.63) is 34.4 Å². The van der Waals surface area contributed by atoms with Crippen LogP contribution in [0.25, 0.3) is 0 Å². The summed E-state index contributed by atoms with van der Waals surface area (Å²) in [4.78, 5) is 26.0. The Kier molecular flexibility index (Phi) is 8.49. The highest BCUT2D eigenvalue weighted by Crippen LogP contribution is 2.58. The molecule has 0 bridgehead atoms. The molecule has 1 saturated carbocycles. The van der Waals surface area contributed by atoms with Gasteiger partial charge in [-0.05, 0) is 51.2 Å². The zero-order chi connectivity index (χ0) is 20.7. The van der Waals surface area contributed by atoms with Gasteiger partial charge in [0.05, 0.1) is 6.61 Å². The highest BCUT2D eigenvalue weighted by atomic mass is 31.2. The molecule has 0 radical (unpaired) electrons. The van der Waals surface area contributed by atoms with E-state index in [-0.39, 0.29) is 17.3 Å². The molecule has 0 aromatic heterocycles. The summed E-state index contributed by atoms with van der Waals surface area (Å²) in [7, 11) is -3.40. The largest absolute Gasteiger partial charge is 0.465 e. The molecule has 0 spiro atoms. The number of hydrogen-bond acceptors (Lipinski definition) is 4. The molecule has 0 saturated heterocycles. The van der Waals surface area contributed by atoms with Gasteiger partial charge in [0.25, 0.3) is 0 Å². The number of esters is 1. The number of rotatable bonds is 9. The van der Waals surface area contributed by atoms with Crippen molar-refractivity contribution in [3.63, 3.8) is 0 Å². The summed E-state index contributed by atoms with van der Waals surface area (Å²) in [6.07, 6.45) is 7.16. The van der Waals surface area contributed by atoms with Crippen LogP contribution in [0.1, 0.15) is 85.3 Å². The van der Waals surface area contributed by atoms with E-state index in [0.29, 0.717) is 12.2 Å². The van der Waals surface area contributed by atoms with E-state index >= 15 is 0 Å². The van der Waals surface area contributed by atoms with Crippen LogP contribution in [0.2, 0.25) is 0 Å². The van der Waals surface area contributed by atoms with Gasteiger partial charge in [0.2, 0.25) is 5.52 Å². The molecular formula is C23H35O4P. The van der Waals surface area contributed by atoms with E-state index in [1.54, 1.807) is 0 Å². The van der Waals surface area contributed by atoms with Crippen molar-refractivity contribution in [1.29, 1.82) is 0 Å². The summed E-state index contributed by atoms with van der Waals surface area (Å²) >= 11 is 0. The van der Waals surface area contributed by atoms with Crippen molar-refractivity contribution < 1.29 is 18.9 Å². The number of unbranched alkanes of at least 4 members (excludes halogenated alkanes) is 2. The second-order valence-corrected chi connectivity index (χ2v) is 11.3. The number of carbonyl (C=O) groups is 2. The van der Waals surface area contributed by atoms with Gasteiger partial charge in [-0.15, -0.1) is 0 Å². The standard InChI is InChI=1S/C23H35O4P/c1-5-6-10-13-27-21(24)16-28(26,20-11-8-7-9-12-20)23(25)22-18(3)14-17(2)15-19(22)4/h14-15,20H,5-13,16H2,1-4H3. The third-order valence-corrected chi connectivity index (χ3v) is 9.11. The first-order chi connectivity index (χ1) is 13.3. The van der Waals surface area contributed by atoms with Crippen molar-refractivity contribution in [2.75, 3.05) is 12.8 Å². The van der Waals surface area contributed by atoms with Crippen LogP contribution in [0.15, 0.2) is 12.1 Å². The second kappa shape index (κ2) is 10.4. The molecule has 1 aliphatic rings. The first-order valence-electron chi connectivity index (χ1n) is 10.7. The fraction of sp³-hybridized carbons (Fsp3) is 0.652. The Bertz CT molecular complexity index is 724. The van der Waals surface area contributed by atoms with Crippen molar-refractivity contribution in [1.82, 2.24) is 0 Å². The smallest absolute Gasteiger partial charge is 0.313 e. The molecule has 156 valence electrons. The quantitative estimate of drug-likeness (QED) is 0.279. The van der Waals surface area contributed by atoms with Crippen LogP contribution >= 0.6 is 7.14 Å². The number of ether oxygens (including phenoxy) is 1. The fourth-order valence-corrected chi connectivity index (χ4v) is 7.49. The second-order valence-electron chi connectivity index (χ2n) is 8.25. The van der Waals surface area contributed by atoms with Gasteiger partial charge < -0.3 is 9.30 Å². The molecule has 1 unspecified atom stereocenters. The Morgan fingerprint density at radius 3 is 2.21 bits per heavy atom. The minimum Gasteiger partial charge on any atom is -0.465 e. The Labute approximate surface area is 169 Å². The lowest BCUT2D eigenvalue weighted by Crippen LogP contribution is -2.25. The minimum atomic E-state index is -3.40. The maximum atomic E-state index is 14.1. The van der Waals surface area contributed by atoms with Gasteiger partial charge in [-0.2, -0.15) is 0 Å². The summed E-state index contributed by atoms with van der Waals surface area (Å²) in [5.41, 5.74) is 2.79. The van der Waals surface area contributed by atoms with E-state index in [2.05, 4.69) is 6.92 Å². The third kappa shape index (κ3) is 5.56. The molecular weight excluding hydrogens is 371 g/mol. The average Bonchev–Trinajstić information content (AvgIpc) is 2.65. The molecule has 1 aliphatic carbocycles. The van der Waals surface area contributed by atoms with Crippen molar-refractivity contribution in [2.45, 2.75) is 84.7 Å². The predicted molar refractivity (Wildman–Crippen MR) is 115 cm³/mol. The van der Waals surface area contributed by atoms with Crippen LogP contribution in [0.5, 0.6) is 0 Å². The van der Waals surface area contributed by atoms with Crippen LogP contribution in [0.4, 0.5) is 0 Å². The summed E-state index contributed by atoms with van der Waals surface area (Å²) < 4.78 is 19.4. The number of carbonyl (C=O) groups excluding carboxylic acids is 2. The van der Waals surface area contributed by atoms with Gasteiger partial charge in [-0.1, -0.05) is 56.7 Å². The van der Waals surface area contributed by atoms with Crippen LogP contribution in [0, 0.1) is 20.8 Å². The molecule has 0 aliphatic heterocycles. The monoisotopic (exact) mass is 406 g/mol. The highest BCUT2D eigenvalue weighted by molar-refractivity contribution is 7.82. The molecule has 1 aromatic carbocycles. The fourth-order valence-electron chi connectivity index (χ4n) is 4.35. The summed E-state index contributed by atoms with van der Waals surface area (Å²) in [5.74, 6) is -0.485. The number of benzene rings is 1. The van der Waals surface area contributed by atoms with Gasteiger partial charge >= 0.3 is 5.97 Å². The maximum Gasteiger partial charge on any atom is 0.313 e. The molecule has 0 N–H and O–H groups in total. The molecule has 1 atom stereocenters. The van der Waals surface area contributed by atoms with Crippen molar-refractivity contribution in [3.8, 4) is 0 Å².